The van der Waals surface area contributed by atoms with Gasteiger partial charge in [0.25, 0.3) is 0 Å². The highest BCUT2D eigenvalue weighted by atomic mass is 35.5. The lowest BCUT2D eigenvalue weighted by Crippen LogP contribution is -2.35. The zero-order chi connectivity index (χ0) is 41.2. The number of nitrogen functional groups attached to an aromatic ring is 1. The van der Waals surface area contributed by atoms with E-state index in [9.17, 15) is 9.59 Å². The van der Waals surface area contributed by atoms with Crippen molar-refractivity contribution in [3.05, 3.63) is 10.3 Å². The Morgan fingerprint density at radius 1 is 0.825 bits per heavy atom. The number of fused-ring (bicyclic) bond motifs is 3. The molecule has 0 aromatic carbocycles. The monoisotopic (exact) mass is 875 g/mol. The number of aromatic nitrogens is 7. The van der Waals surface area contributed by atoms with Crippen LogP contribution in [0.4, 0.5) is 11.5 Å². The van der Waals surface area contributed by atoms with Crippen molar-refractivity contribution in [3.8, 4) is 0 Å². The quantitative estimate of drug-likeness (QED) is 0.0917. The molecule has 314 valence electrons. The molecule has 5 heterocycles. The standard InChI is InChI=1S/C17H22ClN5O5S.C17H25ClN4O5S/c1-4-5-29-16-19-14(18)11-15(20-16)23(22-21-11)8-6-9(26-7-10(24)25)13-12(8)27-17(2,3)28-13;1-4-5-28-16-21-14(18)11(19)15(22-16)20-8-6-9(25-7-10(23)24)13-12(8)26-17(2,3)27-13/h8-9,12-13H,4-7H2,1-3H3,(H,24,25);8-9,12-13H,4-7,19H2,1-3H3,(H,23,24)(H,20,21,22)/t2*8?,9-,12-,13+/m00/s1. The Morgan fingerprint density at radius 3 is 1.95 bits per heavy atom. The molecule has 3 aromatic rings. The van der Waals surface area contributed by atoms with Crippen molar-refractivity contribution in [2.45, 2.75) is 138 Å². The van der Waals surface area contributed by atoms with Crippen LogP contribution >= 0.6 is 46.7 Å². The van der Waals surface area contributed by atoms with Gasteiger partial charge in [-0.2, -0.15) is 0 Å². The van der Waals surface area contributed by atoms with Crippen LogP contribution in [0.15, 0.2) is 10.3 Å². The van der Waals surface area contributed by atoms with E-state index < -0.39 is 55.0 Å². The number of nitrogens with one attached hydrogen (secondary N) is 1. The number of hydrogen-bond donors (Lipinski definition) is 4. The zero-order valence-electron chi connectivity index (χ0n) is 32.2. The van der Waals surface area contributed by atoms with Crippen LogP contribution in [-0.4, -0.2) is 136 Å². The summed E-state index contributed by atoms with van der Waals surface area (Å²) in [6, 6.07) is -0.525. The number of aliphatic carboxylic acids is 2. The molecule has 4 fully saturated rings. The van der Waals surface area contributed by atoms with Gasteiger partial charge in [-0.1, -0.05) is 65.8 Å². The molecule has 2 aliphatic heterocycles. The molecule has 2 unspecified atom stereocenters. The van der Waals surface area contributed by atoms with Crippen molar-refractivity contribution in [2.75, 3.05) is 35.8 Å². The number of halogens is 2. The summed E-state index contributed by atoms with van der Waals surface area (Å²) in [7, 11) is 0. The predicted molar refractivity (Wildman–Crippen MR) is 210 cm³/mol. The smallest absolute Gasteiger partial charge is 0.329 e. The van der Waals surface area contributed by atoms with E-state index in [1.165, 1.54) is 23.5 Å². The topological polar surface area (TPSA) is 250 Å². The Bertz CT molecular complexity index is 1930. The molecule has 19 nitrogen and oxygen atoms in total. The number of carbonyl (C=O) groups is 2. The Labute approximate surface area is 347 Å². The molecule has 0 amide bonds. The highest BCUT2D eigenvalue weighted by Gasteiger charge is 2.57. The van der Waals surface area contributed by atoms with Crippen LogP contribution in [0.2, 0.25) is 10.3 Å². The fourth-order valence-corrected chi connectivity index (χ4v) is 9.00. The van der Waals surface area contributed by atoms with Crippen molar-refractivity contribution in [1.29, 1.82) is 0 Å². The molecule has 3 aromatic heterocycles. The second-order valence-electron chi connectivity index (χ2n) is 14.7. The zero-order valence-corrected chi connectivity index (χ0v) is 35.4. The largest absolute Gasteiger partial charge is 0.480 e. The van der Waals surface area contributed by atoms with E-state index in [2.05, 4.69) is 49.4 Å². The molecule has 7 rings (SSSR count). The Morgan fingerprint density at radius 2 is 1.35 bits per heavy atom. The van der Waals surface area contributed by atoms with Gasteiger partial charge in [0, 0.05) is 17.9 Å². The van der Waals surface area contributed by atoms with E-state index in [0.717, 1.165) is 24.3 Å². The van der Waals surface area contributed by atoms with Crippen LogP contribution < -0.4 is 11.1 Å². The van der Waals surface area contributed by atoms with Gasteiger partial charge in [-0.25, -0.2) is 34.2 Å². The first kappa shape index (κ1) is 43.7. The summed E-state index contributed by atoms with van der Waals surface area (Å²) in [6.45, 7) is 10.6. The third kappa shape index (κ3) is 10.3. The number of anilines is 2. The molecule has 57 heavy (non-hydrogen) atoms. The van der Waals surface area contributed by atoms with Gasteiger partial charge < -0.3 is 49.7 Å². The van der Waals surface area contributed by atoms with Crippen LogP contribution in [0.1, 0.15) is 73.3 Å². The Balaban J connectivity index is 0.000000193. The van der Waals surface area contributed by atoms with Crippen LogP contribution in [0, 0.1) is 0 Å². The second-order valence-corrected chi connectivity index (χ2v) is 17.5. The van der Waals surface area contributed by atoms with Crippen molar-refractivity contribution < 1.29 is 48.2 Å². The van der Waals surface area contributed by atoms with Gasteiger partial charge in [-0.3, -0.25) is 0 Å². The van der Waals surface area contributed by atoms with Crippen LogP contribution in [0.25, 0.3) is 11.2 Å². The summed E-state index contributed by atoms with van der Waals surface area (Å²) in [5.74, 6) is -1.52. The van der Waals surface area contributed by atoms with Crippen molar-refractivity contribution in [2.24, 2.45) is 0 Å². The highest BCUT2D eigenvalue weighted by Crippen LogP contribution is 2.46. The molecule has 2 aliphatic carbocycles. The summed E-state index contributed by atoms with van der Waals surface area (Å²) in [4.78, 5) is 39.4. The predicted octanol–water partition coefficient (Wildman–Crippen LogP) is 4.70. The van der Waals surface area contributed by atoms with Gasteiger partial charge in [0.05, 0.1) is 24.3 Å². The fraction of sp³-hybridized carbons (Fsp3) is 0.706. The molecule has 2 saturated heterocycles. The number of thioether (sulfide) groups is 2. The number of nitrogens with zero attached hydrogens (tertiary/aromatic N) is 7. The Kier molecular flexibility index (Phi) is 13.9. The molecular formula is C34H47Cl2N9O10S2. The van der Waals surface area contributed by atoms with Crippen LogP contribution in [0.3, 0.4) is 0 Å². The lowest BCUT2D eigenvalue weighted by Gasteiger charge is -2.24. The van der Waals surface area contributed by atoms with Crippen molar-refractivity contribution in [1.82, 2.24) is 34.9 Å². The summed E-state index contributed by atoms with van der Waals surface area (Å²) in [5, 5.41) is 31.1. The summed E-state index contributed by atoms with van der Waals surface area (Å²) >= 11 is 15.5. The normalized spacial score (nSPS) is 28.2. The fourth-order valence-electron chi connectivity index (χ4n) is 7.13. The van der Waals surface area contributed by atoms with Gasteiger partial charge >= 0.3 is 11.9 Å². The summed E-state index contributed by atoms with van der Waals surface area (Å²) in [5.41, 5.74) is 7.26. The molecular weight excluding hydrogens is 829 g/mol. The van der Waals surface area contributed by atoms with Crippen molar-refractivity contribution >= 4 is 81.3 Å². The SMILES string of the molecule is CCCSc1nc(Cl)c(N)c(NC2C[C@H](OCC(=O)O)[C@H]3OC(C)(C)O[C@@H]23)n1.CCCSc1nc(Cl)c2nnn(C3C[C@H](OCC(=O)O)[C@H]4OC(C)(C)O[C@@H]34)c2n1. The first-order valence-corrected chi connectivity index (χ1v) is 21.2. The van der Waals surface area contributed by atoms with E-state index in [0.29, 0.717) is 40.1 Å². The lowest BCUT2D eigenvalue weighted by molar-refractivity contribution is -0.173. The van der Waals surface area contributed by atoms with Crippen molar-refractivity contribution in [3.63, 3.8) is 0 Å². The van der Waals surface area contributed by atoms with E-state index in [1.807, 2.05) is 27.7 Å². The number of carboxylic acid groups (broad SMARTS) is 2. The van der Waals surface area contributed by atoms with E-state index >= 15 is 0 Å². The van der Waals surface area contributed by atoms with Crippen LogP contribution in [0.5, 0.6) is 0 Å². The summed E-state index contributed by atoms with van der Waals surface area (Å²) in [6.07, 6.45) is 0.501. The molecule has 8 atom stereocenters. The van der Waals surface area contributed by atoms with Gasteiger partial charge in [-0.15, -0.1) is 5.10 Å². The average molecular weight is 877 g/mol. The third-order valence-electron chi connectivity index (χ3n) is 9.28. The minimum absolute atomic E-state index is 0.188. The molecule has 4 aliphatic rings. The maximum atomic E-state index is 11.0. The molecule has 0 bridgehead atoms. The highest BCUT2D eigenvalue weighted by molar-refractivity contribution is 7.99. The van der Waals surface area contributed by atoms with E-state index in [4.69, 9.17) is 67.6 Å². The molecule has 2 saturated carbocycles. The van der Waals surface area contributed by atoms with Gasteiger partial charge in [-0.05, 0) is 47.0 Å². The minimum atomic E-state index is -1.04. The van der Waals surface area contributed by atoms with E-state index in [-0.39, 0.29) is 46.4 Å². The Hall–Kier alpha value is -2.86. The number of hydrogen-bond acceptors (Lipinski definition) is 18. The minimum Gasteiger partial charge on any atom is -0.480 e. The lowest BCUT2D eigenvalue weighted by atomic mass is 10.2. The van der Waals surface area contributed by atoms with Gasteiger partial charge in [0.2, 0.25) is 0 Å². The molecule has 0 radical (unpaired) electrons. The first-order chi connectivity index (χ1) is 27.0. The summed E-state index contributed by atoms with van der Waals surface area (Å²) < 4.78 is 36.8. The number of carboxylic acids is 2. The third-order valence-corrected chi connectivity index (χ3v) is 11.9. The van der Waals surface area contributed by atoms with Crippen LogP contribution in [-0.2, 0) is 38.0 Å². The molecule has 0 spiro atoms. The average Bonchev–Trinajstić information content (AvgIpc) is 3.93. The molecule has 5 N–H and O–H groups in total. The number of nitrogens with two attached hydrogens (primary N) is 1. The van der Waals surface area contributed by atoms with Gasteiger partial charge in [0.15, 0.2) is 49.2 Å². The maximum Gasteiger partial charge on any atom is 0.329 e. The van der Waals surface area contributed by atoms with E-state index in [1.54, 1.807) is 4.68 Å². The second kappa shape index (κ2) is 18.2. The first-order valence-electron chi connectivity index (χ1n) is 18.5. The number of ether oxygens (including phenoxy) is 6. The molecule has 23 heteroatoms. The van der Waals surface area contributed by atoms with Gasteiger partial charge in [0.1, 0.15) is 43.3 Å². The number of rotatable bonds is 15. The maximum absolute atomic E-state index is 11.0.